The molecule has 1 amide bonds. The number of benzene rings is 1. The zero-order valence-electron chi connectivity index (χ0n) is 11.5. The van der Waals surface area contributed by atoms with Crippen molar-refractivity contribution in [2.45, 2.75) is 13.5 Å². The monoisotopic (exact) mass is 281 g/mol. The first-order valence-corrected chi connectivity index (χ1v) is 6.19. The van der Waals surface area contributed by atoms with Crippen LogP contribution in [0.1, 0.15) is 12.5 Å². The predicted molar refractivity (Wildman–Crippen MR) is 75.9 cm³/mol. The van der Waals surface area contributed by atoms with E-state index in [1.807, 2.05) is 11.8 Å². The number of amides is 1. The molecule has 4 N–H and O–H groups in total. The van der Waals surface area contributed by atoms with Crippen LogP contribution in [0.25, 0.3) is 0 Å². The maximum absolute atomic E-state index is 11.4. The van der Waals surface area contributed by atoms with Gasteiger partial charge < -0.3 is 10.7 Å². The minimum atomic E-state index is -0.492. The molecule has 0 saturated heterocycles. The number of likely N-dealkylation sites (N-methyl/N-ethyl adjacent to an activating group) is 2. The van der Waals surface area contributed by atoms with E-state index in [2.05, 4.69) is 10.7 Å². The van der Waals surface area contributed by atoms with Crippen molar-refractivity contribution in [3.05, 3.63) is 33.9 Å². The van der Waals surface area contributed by atoms with Crippen LogP contribution in [0.3, 0.4) is 0 Å². The lowest BCUT2D eigenvalue weighted by Gasteiger charge is -2.20. The molecular formula is C12H19N5O3. The van der Waals surface area contributed by atoms with E-state index in [-0.39, 0.29) is 23.8 Å². The molecular weight excluding hydrogens is 262 g/mol. The molecule has 1 aromatic carbocycles. The van der Waals surface area contributed by atoms with Gasteiger partial charge in [-0.25, -0.2) is 0 Å². The van der Waals surface area contributed by atoms with Gasteiger partial charge in [0.15, 0.2) is 0 Å². The second kappa shape index (κ2) is 7.41. The second-order valence-corrected chi connectivity index (χ2v) is 4.19. The highest BCUT2D eigenvalue weighted by Gasteiger charge is 2.18. The number of carbonyl (C=O) groups is 1. The maximum Gasteiger partial charge on any atom is 0.293 e. The average molecular weight is 281 g/mol. The molecule has 0 aliphatic rings. The van der Waals surface area contributed by atoms with Crippen LogP contribution in [-0.4, -0.2) is 35.9 Å². The summed E-state index contributed by atoms with van der Waals surface area (Å²) in [5.74, 6) is 5.27. The number of anilines is 1. The first-order valence-electron chi connectivity index (χ1n) is 6.19. The minimum absolute atomic E-state index is 0.0824. The smallest absolute Gasteiger partial charge is 0.293 e. The Morgan fingerprint density at radius 3 is 2.70 bits per heavy atom. The first-order chi connectivity index (χ1) is 9.53. The Kier molecular flexibility index (Phi) is 5.88. The van der Waals surface area contributed by atoms with Crippen molar-refractivity contribution >= 4 is 17.3 Å². The van der Waals surface area contributed by atoms with Gasteiger partial charge in [0.1, 0.15) is 5.69 Å². The highest BCUT2D eigenvalue weighted by molar-refractivity contribution is 5.77. The number of hydrazine groups is 1. The number of hydrogen-bond donors (Lipinski definition) is 3. The highest BCUT2D eigenvalue weighted by Crippen LogP contribution is 2.28. The van der Waals surface area contributed by atoms with E-state index in [4.69, 9.17) is 5.84 Å². The number of nitrogens with two attached hydrogens (primary N) is 1. The predicted octanol–water partition coefficient (Wildman–Crippen LogP) is 0.448. The van der Waals surface area contributed by atoms with E-state index in [0.717, 1.165) is 0 Å². The molecule has 8 heteroatoms. The summed E-state index contributed by atoms with van der Waals surface area (Å²) < 4.78 is 0. The molecule has 0 bridgehead atoms. The third-order valence-corrected chi connectivity index (χ3v) is 2.96. The fraction of sp³-hybridized carbons (Fsp3) is 0.417. The fourth-order valence-electron chi connectivity index (χ4n) is 1.84. The molecule has 20 heavy (non-hydrogen) atoms. The molecule has 0 saturated carbocycles. The Morgan fingerprint density at radius 1 is 1.50 bits per heavy atom. The summed E-state index contributed by atoms with van der Waals surface area (Å²) >= 11 is 0. The lowest BCUT2D eigenvalue weighted by molar-refractivity contribution is -0.384. The van der Waals surface area contributed by atoms with Crippen molar-refractivity contribution < 1.29 is 9.72 Å². The summed E-state index contributed by atoms with van der Waals surface area (Å²) in [7, 11) is 1.57. The summed E-state index contributed by atoms with van der Waals surface area (Å²) in [5, 5.41) is 13.5. The third kappa shape index (κ3) is 3.90. The van der Waals surface area contributed by atoms with Gasteiger partial charge in [-0.15, -0.1) is 0 Å². The van der Waals surface area contributed by atoms with E-state index in [1.165, 1.54) is 6.07 Å². The van der Waals surface area contributed by atoms with E-state index in [9.17, 15) is 14.9 Å². The van der Waals surface area contributed by atoms with Crippen LogP contribution < -0.4 is 16.6 Å². The molecule has 1 rings (SSSR count). The van der Waals surface area contributed by atoms with Crippen molar-refractivity contribution in [2.75, 3.05) is 25.6 Å². The highest BCUT2D eigenvalue weighted by atomic mass is 16.6. The van der Waals surface area contributed by atoms with Gasteiger partial charge in [0.25, 0.3) is 5.69 Å². The van der Waals surface area contributed by atoms with E-state index >= 15 is 0 Å². The summed E-state index contributed by atoms with van der Waals surface area (Å²) in [6.45, 7) is 3.17. The van der Waals surface area contributed by atoms with Crippen LogP contribution in [0.2, 0.25) is 0 Å². The number of nitro benzene ring substituents is 1. The van der Waals surface area contributed by atoms with Gasteiger partial charge >= 0.3 is 0 Å². The first kappa shape index (κ1) is 15.9. The SMILES string of the molecule is CCN(CC(=O)NC)Cc1cccc([N+](=O)[O-])c1NN. The standard InChI is InChI=1S/C12H19N5O3/c1-3-16(8-11(18)14-2)7-9-5-4-6-10(17(19)20)12(9)15-13/h4-6,15H,3,7-8,13H2,1-2H3,(H,14,18). The maximum atomic E-state index is 11.4. The number of nitro groups is 1. The van der Waals surface area contributed by atoms with Crippen LogP contribution in [0, 0.1) is 10.1 Å². The Morgan fingerprint density at radius 2 is 2.20 bits per heavy atom. The molecule has 110 valence electrons. The largest absolute Gasteiger partial charge is 0.358 e. The van der Waals surface area contributed by atoms with Gasteiger partial charge in [0, 0.05) is 19.7 Å². The molecule has 0 heterocycles. The molecule has 0 atom stereocenters. The van der Waals surface area contributed by atoms with Crippen molar-refractivity contribution in [1.29, 1.82) is 0 Å². The number of nitrogen functional groups attached to an aromatic ring is 1. The Bertz CT molecular complexity index is 492. The van der Waals surface area contributed by atoms with Crippen LogP contribution in [0.5, 0.6) is 0 Å². The van der Waals surface area contributed by atoms with Crippen LogP contribution in [0.15, 0.2) is 18.2 Å². The lowest BCUT2D eigenvalue weighted by Crippen LogP contribution is -2.35. The Labute approximate surface area is 117 Å². The zero-order valence-corrected chi connectivity index (χ0v) is 11.5. The summed E-state index contributed by atoms with van der Waals surface area (Å²) in [6.07, 6.45) is 0. The number of nitrogens with zero attached hydrogens (tertiary/aromatic N) is 2. The summed E-state index contributed by atoms with van der Waals surface area (Å²) in [4.78, 5) is 23.7. The molecule has 1 aromatic rings. The Balaban J connectivity index is 2.98. The van der Waals surface area contributed by atoms with E-state index in [0.29, 0.717) is 18.7 Å². The third-order valence-electron chi connectivity index (χ3n) is 2.96. The van der Waals surface area contributed by atoms with E-state index < -0.39 is 4.92 Å². The minimum Gasteiger partial charge on any atom is -0.358 e. The van der Waals surface area contributed by atoms with E-state index in [1.54, 1.807) is 19.2 Å². The molecule has 0 radical (unpaired) electrons. The van der Waals surface area contributed by atoms with Crippen LogP contribution in [0.4, 0.5) is 11.4 Å². The summed E-state index contributed by atoms with van der Waals surface area (Å²) in [6, 6.07) is 4.73. The van der Waals surface area contributed by atoms with Crippen LogP contribution in [-0.2, 0) is 11.3 Å². The average Bonchev–Trinajstić information content (AvgIpc) is 2.45. The topological polar surface area (TPSA) is 114 Å². The second-order valence-electron chi connectivity index (χ2n) is 4.19. The molecule has 0 aromatic heterocycles. The van der Waals surface area contributed by atoms with Gasteiger partial charge in [-0.2, -0.15) is 0 Å². The van der Waals surface area contributed by atoms with Crippen molar-refractivity contribution in [1.82, 2.24) is 10.2 Å². The normalized spacial score (nSPS) is 10.4. The number of para-hydroxylation sites is 1. The van der Waals surface area contributed by atoms with Crippen LogP contribution >= 0.6 is 0 Å². The van der Waals surface area contributed by atoms with Gasteiger partial charge in [-0.1, -0.05) is 19.1 Å². The zero-order chi connectivity index (χ0) is 15.1. The van der Waals surface area contributed by atoms with Crippen molar-refractivity contribution in [2.24, 2.45) is 5.84 Å². The number of nitrogens with one attached hydrogen (secondary N) is 2. The van der Waals surface area contributed by atoms with Gasteiger partial charge in [0.2, 0.25) is 5.91 Å². The Hall–Kier alpha value is -2.19. The lowest BCUT2D eigenvalue weighted by atomic mass is 10.1. The number of carbonyl (C=O) groups excluding carboxylic acids is 1. The number of rotatable bonds is 7. The summed E-state index contributed by atoms with van der Waals surface area (Å²) in [5.41, 5.74) is 3.24. The fourth-order valence-corrected chi connectivity index (χ4v) is 1.84. The van der Waals surface area contributed by atoms with Gasteiger partial charge in [0.05, 0.1) is 11.5 Å². The van der Waals surface area contributed by atoms with Crippen molar-refractivity contribution in [3.8, 4) is 0 Å². The van der Waals surface area contributed by atoms with Gasteiger partial charge in [-0.3, -0.25) is 25.7 Å². The molecule has 0 fully saturated rings. The molecule has 0 spiro atoms. The molecule has 0 unspecified atom stereocenters. The quantitative estimate of drug-likeness (QED) is 0.380. The molecule has 0 aliphatic carbocycles. The van der Waals surface area contributed by atoms with Crippen molar-refractivity contribution in [3.63, 3.8) is 0 Å². The van der Waals surface area contributed by atoms with Gasteiger partial charge in [-0.05, 0) is 12.1 Å². The molecule has 0 aliphatic heterocycles. The number of hydrogen-bond acceptors (Lipinski definition) is 6. The molecule has 8 nitrogen and oxygen atoms in total.